The van der Waals surface area contributed by atoms with Crippen molar-refractivity contribution in [2.45, 2.75) is 5.75 Å². The third-order valence-corrected chi connectivity index (χ3v) is 4.31. The fourth-order valence-corrected chi connectivity index (χ4v) is 3.18. The predicted octanol–water partition coefficient (Wildman–Crippen LogP) is 1.70. The van der Waals surface area contributed by atoms with Gasteiger partial charge in [0.05, 0.1) is 10.6 Å². The van der Waals surface area contributed by atoms with Crippen molar-refractivity contribution in [3.8, 4) is 0 Å². The van der Waals surface area contributed by atoms with E-state index in [-0.39, 0.29) is 17.5 Å². The van der Waals surface area contributed by atoms with Gasteiger partial charge < -0.3 is 16.8 Å². The second-order valence-corrected chi connectivity index (χ2v) is 6.21. The minimum atomic E-state index is -0.455. The van der Waals surface area contributed by atoms with E-state index in [9.17, 15) is 10.1 Å². The van der Waals surface area contributed by atoms with Crippen LogP contribution in [0, 0.1) is 10.1 Å². The van der Waals surface area contributed by atoms with Gasteiger partial charge in [0.15, 0.2) is 5.96 Å². The molecule has 0 aliphatic rings. The van der Waals surface area contributed by atoms with Gasteiger partial charge in [-0.05, 0) is 6.07 Å². The first-order valence-electron chi connectivity index (χ1n) is 6.51. The van der Waals surface area contributed by atoms with E-state index in [1.807, 2.05) is 5.38 Å². The molecule has 23 heavy (non-hydrogen) atoms. The van der Waals surface area contributed by atoms with Crippen LogP contribution in [0.15, 0.2) is 28.7 Å². The average molecular weight is 353 g/mol. The van der Waals surface area contributed by atoms with Crippen molar-refractivity contribution in [3.63, 3.8) is 0 Å². The lowest BCUT2D eigenvalue weighted by Gasteiger charge is -2.05. The standard InChI is InChI=1S/C12H15N7O2S2/c13-11(14)18-12-17-8(7-23-12)6-22-5-4-16-10-9(19(20)21)2-1-3-15-10/h1-3,7H,4-6H2,(H,15,16)(H4,13,14,17,18). The molecule has 2 rings (SSSR count). The van der Waals surface area contributed by atoms with Crippen molar-refractivity contribution < 1.29 is 4.92 Å². The molecule has 0 bridgehead atoms. The Labute approximate surface area is 140 Å². The first kappa shape index (κ1) is 17.0. The van der Waals surface area contributed by atoms with Crippen molar-refractivity contribution in [3.05, 3.63) is 39.5 Å². The maximum atomic E-state index is 10.9. The van der Waals surface area contributed by atoms with Gasteiger partial charge in [-0.2, -0.15) is 16.8 Å². The Balaban J connectivity index is 1.75. The smallest absolute Gasteiger partial charge is 0.311 e. The molecule has 11 heteroatoms. The Kier molecular flexibility index (Phi) is 6.11. The third kappa shape index (κ3) is 5.38. The van der Waals surface area contributed by atoms with Crippen LogP contribution in [0.3, 0.4) is 0 Å². The summed E-state index contributed by atoms with van der Waals surface area (Å²) >= 11 is 3.02. The van der Waals surface area contributed by atoms with Crippen molar-refractivity contribution in [2.24, 2.45) is 16.5 Å². The average Bonchev–Trinajstić information content (AvgIpc) is 2.93. The maximum absolute atomic E-state index is 10.9. The number of nitrogens with zero attached hydrogens (tertiary/aromatic N) is 4. The summed E-state index contributed by atoms with van der Waals surface area (Å²) in [4.78, 5) is 22.5. The van der Waals surface area contributed by atoms with E-state index in [2.05, 4.69) is 20.3 Å². The molecular formula is C12H15N7O2S2. The molecule has 0 aromatic carbocycles. The quantitative estimate of drug-likeness (QED) is 0.214. The van der Waals surface area contributed by atoms with Crippen molar-refractivity contribution >= 4 is 45.7 Å². The lowest BCUT2D eigenvalue weighted by molar-refractivity contribution is -0.384. The molecule has 2 aromatic heterocycles. The zero-order chi connectivity index (χ0) is 16.7. The first-order chi connectivity index (χ1) is 11.1. The number of thioether (sulfide) groups is 1. The number of hydrogen-bond acceptors (Lipinski definition) is 8. The van der Waals surface area contributed by atoms with Crippen LogP contribution in [0.1, 0.15) is 5.69 Å². The maximum Gasteiger partial charge on any atom is 0.311 e. The van der Waals surface area contributed by atoms with Crippen LogP contribution in [-0.2, 0) is 5.75 Å². The topological polar surface area (TPSA) is 145 Å². The Morgan fingerprint density at radius 2 is 2.35 bits per heavy atom. The number of hydrogen-bond donors (Lipinski definition) is 3. The lowest BCUT2D eigenvalue weighted by atomic mass is 10.4. The highest BCUT2D eigenvalue weighted by atomic mass is 32.2. The molecule has 0 radical (unpaired) electrons. The van der Waals surface area contributed by atoms with E-state index in [1.54, 1.807) is 11.8 Å². The summed E-state index contributed by atoms with van der Waals surface area (Å²) in [5.41, 5.74) is 11.4. The molecule has 0 atom stereocenters. The second-order valence-electron chi connectivity index (χ2n) is 4.27. The molecule has 0 saturated heterocycles. The minimum absolute atomic E-state index is 0.0142. The molecule has 9 nitrogen and oxygen atoms in total. The molecule has 122 valence electrons. The Hall–Kier alpha value is -2.40. The number of aromatic nitrogens is 2. The van der Waals surface area contributed by atoms with Crippen LogP contribution in [0.5, 0.6) is 0 Å². The van der Waals surface area contributed by atoms with Crippen LogP contribution in [-0.4, -0.2) is 33.1 Å². The summed E-state index contributed by atoms with van der Waals surface area (Å²) in [6.07, 6.45) is 1.52. The van der Waals surface area contributed by atoms with Crippen LogP contribution in [0.25, 0.3) is 0 Å². The molecule has 0 fully saturated rings. The van der Waals surface area contributed by atoms with Gasteiger partial charge in [-0.15, -0.1) is 11.3 Å². The normalized spacial score (nSPS) is 10.3. The predicted molar refractivity (Wildman–Crippen MR) is 93.1 cm³/mol. The summed E-state index contributed by atoms with van der Waals surface area (Å²) in [5.74, 6) is 1.73. The monoisotopic (exact) mass is 353 g/mol. The van der Waals surface area contributed by atoms with Gasteiger partial charge in [-0.3, -0.25) is 10.1 Å². The summed E-state index contributed by atoms with van der Waals surface area (Å²) in [5, 5.41) is 16.3. The molecule has 0 unspecified atom stereocenters. The van der Waals surface area contributed by atoms with Gasteiger partial charge in [0.25, 0.3) is 0 Å². The van der Waals surface area contributed by atoms with Gasteiger partial charge in [-0.25, -0.2) is 9.97 Å². The fourth-order valence-electron chi connectivity index (χ4n) is 1.62. The Morgan fingerprint density at radius 3 is 3.09 bits per heavy atom. The zero-order valence-electron chi connectivity index (χ0n) is 12.0. The van der Waals surface area contributed by atoms with Crippen molar-refractivity contribution in [2.75, 3.05) is 17.6 Å². The second kappa shape index (κ2) is 8.29. The van der Waals surface area contributed by atoms with Gasteiger partial charge >= 0.3 is 5.69 Å². The summed E-state index contributed by atoms with van der Waals surface area (Å²) in [6.45, 7) is 0.563. The number of pyridine rings is 1. The molecule has 0 aliphatic heterocycles. The van der Waals surface area contributed by atoms with E-state index >= 15 is 0 Å². The van der Waals surface area contributed by atoms with E-state index < -0.39 is 4.92 Å². The number of guanidine groups is 1. The summed E-state index contributed by atoms with van der Waals surface area (Å²) < 4.78 is 0. The van der Waals surface area contributed by atoms with Gasteiger partial charge in [0.2, 0.25) is 10.9 Å². The first-order valence-corrected chi connectivity index (χ1v) is 8.54. The third-order valence-electron chi connectivity index (χ3n) is 2.54. The van der Waals surface area contributed by atoms with Crippen molar-refractivity contribution in [1.29, 1.82) is 0 Å². The van der Waals surface area contributed by atoms with Crippen LogP contribution >= 0.6 is 23.1 Å². The number of thiazole rings is 1. The van der Waals surface area contributed by atoms with E-state index in [4.69, 9.17) is 11.5 Å². The molecular weight excluding hydrogens is 338 g/mol. The van der Waals surface area contributed by atoms with Crippen LogP contribution < -0.4 is 16.8 Å². The molecule has 5 N–H and O–H groups in total. The molecule has 0 spiro atoms. The Morgan fingerprint density at radius 1 is 1.52 bits per heavy atom. The zero-order valence-corrected chi connectivity index (χ0v) is 13.6. The van der Waals surface area contributed by atoms with Gasteiger partial charge in [0.1, 0.15) is 0 Å². The Bertz CT molecular complexity index is 700. The van der Waals surface area contributed by atoms with Crippen molar-refractivity contribution in [1.82, 2.24) is 9.97 Å². The minimum Gasteiger partial charge on any atom is -0.370 e. The van der Waals surface area contributed by atoms with Crippen LogP contribution in [0.2, 0.25) is 0 Å². The lowest BCUT2D eigenvalue weighted by Crippen LogP contribution is -2.21. The van der Waals surface area contributed by atoms with E-state index in [1.165, 1.54) is 29.7 Å². The molecule has 0 aliphatic carbocycles. The number of nitrogens with two attached hydrogens (primary N) is 2. The molecule has 0 amide bonds. The number of aliphatic imine (C=N–C) groups is 1. The molecule has 0 saturated carbocycles. The molecule has 2 heterocycles. The highest BCUT2D eigenvalue weighted by Crippen LogP contribution is 2.22. The van der Waals surface area contributed by atoms with Gasteiger partial charge in [0, 0.05) is 35.7 Å². The highest BCUT2D eigenvalue weighted by molar-refractivity contribution is 7.98. The summed E-state index contributed by atoms with van der Waals surface area (Å²) in [6, 6.07) is 2.96. The van der Waals surface area contributed by atoms with Crippen LogP contribution in [0.4, 0.5) is 16.6 Å². The number of nitro groups is 1. The number of anilines is 1. The summed E-state index contributed by atoms with van der Waals surface area (Å²) in [7, 11) is 0. The van der Waals surface area contributed by atoms with E-state index in [0.717, 1.165) is 11.4 Å². The highest BCUT2D eigenvalue weighted by Gasteiger charge is 2.13. The van der Waals surface area contributed by atoms with Gasteiger partial charge in [-0.1, -0.05) is 0 Å². The van der Waals surface area contributed by atoms with E-state index in [0.29, 0.717) is 17.4 Å². The molecule has 2 aromatic rings. The number of nitrogens with one attached hydrogen (secondary N) is 1. The SMILES string of the molecule is NC(N)=Nc1nc(CSCCNc2ncccc2[N+](=O)[O-])cs1. The number of rotatable bonds is 8. The fraction of sp³-hybridized carbons (Fsp3) is 0.250. The largest absolute Gasteiger partial charge is 0.370 e.